The minimum absolute atomic E-state index is 0.0337. The van der Waals surface area contributed by atoms with E-state index in [9.17, 15) is 0 Å². The van der Waals surface area contributed by atoms with E-state index in [1.165, 1.54) is 38.8 Å². The molecule has 0 aromatic rings. The van der Waals surface area contributed by atoms with E-state index in [-0.39, 0.29) is 5.54 Å². The molecule has 2 aliphatic rings. The molecular formula is C13H27N3. The van der Waals surface area contributed by atoms with Gasteiger partial charge in [0.25, 0.3) is 0 Å². The molecule has 2 unspecified atom stereocenters. The molecule has 1 saturated heterocycles. The van der Waals surface area contributed by atoms with Gasteiger partial charge in [-0.25, -0.2) is 0 Å². The minimum atomic E-state index is 0.0337. The van der Waals surface area contributed by atoms with Gasteiger partial charge in [0.05, 0.1) is 0 Å². The van der Waals surface area contributed by atoms with Crippen LogP contribution < -0.4 is 5.73 Å². The van der Waals surface area contributed by atoms with Crippen molar-refractivity contribution in [2.24, 2.45) is 11.7 Å². The van der Waals surface area contributed by atoms with Crippen molar-refractivity contribution >= 4 is 0 Å². The standard InChI is InChI=1S/C13H27N3/c1-13(14,11-6-7-11)10-15(2)9-12-5-4-8-16(12)3/h11-12H,4-10,14H2,1-3H3. The Morgan fingerprint density at radius 2 is 2.06 bits per heavy atom. The van der Waals surface area contributed by atoms with Crippen LogP contribution in [0, 0.1) is 5.92 Å². The topological polar surface area (TPSA) is 32.5 Å². The van der Waals surface area contributed by atoms with Crippen molar-refractivity contribution in [3.05, 3.63) is 0 Å². The van der Waals surface area contributed by atoms with Gasteiger partial charge >= 0.3 is 0 Å². The number of rotatable bonds is 5. The van der Waals surface area contributed by atoms with Gasteiger partial charge in [0.1, 0.15) is 0 Å². The second-order valence-corrected chi connectivity index (χ2v) is 6.25. The molecule has 0 bridgehead atoms. The van der Waals surface area contributed by atoms with E-state index in [0.717, 1.165) is 18.5 Å². The Morgan fingerprint density at radius 1 is 1.38 bits per heavy atom. The molecule has 0 radical (unpaired) electrons. The van der Waals surface area contributed by atoms with E-state index in [2.05, 4.69) is 30.8 Å². The molecule has 3 heteroatoms. The van der Waals surface area contributed by atoms with E-state index >= 15 is 0 Å². The summed E-state index contributed by atoms with van der Waals surface area (Å²) in [4.78, 5) is 4.92. The zero-order valence-corrected chi connectivity index (χ0v) is 11.1. The maximum atomic E-state index is 6.38. The molecule has 2 fully saturated rings. The first-order valence-corrected chi connectivity index (χ1v) is 6.67. The lowest BCUT2D eigenvalue weighted by Crippen LogP contribution is -2.50. The Bertz CT molecular complexity index is 235. The molecular weight excluding hydrogens is 198 g/mol. The maximum absolute atomic E-state index is 6.38. The summed E-state index contributed by atoms with van der Waals surface area (Å²) < 4.78 is 0. The first kappa shape index (κ1) is 12.3. The number of hydrogen-bond acceptors (Lipinski definition) is 3. The predicted molar refractivity (Wildman–Crippen MR) is 68.5 cm³/mol. The fourth-order valence-corrected chi connectivity index (χ4v) is 3.09. The summed E-state index contributed by atoms with van der Waals surface area (Å²) in [5.41, 5.74) is 6.41. The van der Waals surface area contributed by atoms with Gasteiger partial charge in [-0.3, -0.25) is 0 Å². The Balaban J connectivity index is 1.77. The zero-order chi connectivity index (χ0) is 11.8. The highest BCUT2D eigenvalue weighted by Crippen LogP contribution is 2.38. The van der Waals surface area contributed by atoms with Crippen LogP contribution >= 0.6 is 0 Å². The van der Waals surface area contributed by atoms with E-state index in [4.69, 9.17) is 5.73 Å². The summed E-state index contributed by atoms with van der Waals surface area (Å²) in [6.45, 7) is 5.71. The Kier molecular flexibility index (Phi) is 3.57. The van der Waals surface area contributed by atoms with Crippen molar-refractivity contribution in [2.75, 3.05) is 33.7 Å². The average molecular weight is 225 g/mol. The minimum Gasteiger partial charge on any atom is -0.324 e. The molecule has 2 rings (SSSR count). The van der Waals surface area contributed by atoms with Crippen LogP contribution in [0.5, 0.6) is 0 Å². The molecule has 16 heavy (non-hydrogen) atoms. The Hall–Kier alpha value is -0.120. The van der Waals surface area contributed by atoms with Crippen LogP contribution in [0.4, 0.5) is 0 Å². The normalized spacial score (nSPS) is 30.9. The van der Waals surface area contributed by atoms with Gasteiger partial charge < -0.3 is 15.5 Å². The van der Waals surface area contributed by atoms with E-state index in [1.54, 1.807) is 0 Å². The van der Waals surface area contributed by atoms with Crippen LogP contribution in [0.15, 0.2) is 0 Å². The van der Waals surface area contributed by atoms with Crippen LogP contribution in [0.2, 0.25) is 0 Å². The van der Waals surface area contributed by atoms with Crippen molar-refractivity contribution in [1.82, 2.24) is 9.80 Å². The van der Waals surface area contributed by atoms with Crippen molar-refractivity contribution in [1.29, 1.82) is 0 Å². The lowest BCUT2D eigenvalue weighted by Gasteiger charge is -2.33. The van der Waals surface area contributed by atoms with E-state index in [0.29, 0.717) is 0 Å². The zero-order valence-electron chi connectivity index (χ0n) is 11.1. The van der Waals surface area contributed by atoms with Crippen LogP contribution in [-0.2, 0) is 0 Å². The molecule has 2 atom stereocenters. The molecule has 94 valence electrons. The molecule has 1 heterocycles. The van der Waals surface area contributed by atoms with Crippen molar-refractivity contribution in [2.45, 2.75) is 44.2 Å². The van der Waals surface area contributed by atoms with Gasteiger partial charge in [-0.2, -0.15) is 0 Å². The third-order valence-corrected chi connectivity index (χ3v) is 4.31. The van der Waals surface area contributed by atoms with Crippen LogP contribution in [0.1, 0.15) is 32.6 Å². The monoisotopic (exact) mass is 225 g/mol. The first-order chi connectivity index (χ1) is 7.49. The Morgan fingerprint density at radius 3 is 2.56 bits per heavy atom. The highest BCUT2D eigenvalue weighted by atomic mass is 15.2. The molecule has 2 N–H and O–H groups in total. The lowest BCUT2D eigenvalue weighted by atomic mass is 9.96. The van der Waals surface area contributed by atoms with Gasteiger partial charge in [-0.1, -0.05) is 0 Å². The van der Waals surface area contributed by atoms with E-state index < -0.39 is 0 Å². The number of nitrogens with zero attached hydrogens (tertiary/aromatic N) is 2. The van der Waals surface area contributed by atoms with Crippen molar-refractivity contribution < 1.29 is 0 Å². The van der Waals surface area contributed by atoms with Crippen LogP contribution in [0.3, 0.4) is 0 Å². The Labute approximate surface area is 100.0 Å². The molecule has 1 saturated carbocycles. The highest BCUT2D eigenvalue weighted by molar-refractivity contribution is 4.97. The number of nitrogens with two attached hydrogens (primary N) is 1. The third-order valence-electron chi connectivity index (χ3n) is 4.31. The first-order valence-electron chi connectivity index (χ1n) is 6.67. The summed E-state index contributed by atoms with van der Waals surface area (Å²) >= 11 is 0. The van der Waals surface area contributed by atoms with Gasteiger partial charge in [-0.05, 0) is 59.2 Å². The largest absolute Gasteiger partial charge is 0.324 e. The second-order valence-electron chi connectivity index (χ2n) is 6.25. The quantitative estimate of drug-likeness (QED) is 0.761. The highest BCUT2D eigenvalue weighted by Gasteiger charge is 2.39. The predicted octanol–water partition coefficient (Wildman–Crippen LogP) is 1.14. The molecule has 0 amide bonds. The number of likely N-dealkylation sites (tertiary alicyclic amines) is 1. The SMILES string of the molecule is CN(CC1CCCN1C)CC(C)(N)C1CC1. The summed E-state index contributed by atoms with van der Waals surface area (Å²) in [5.74, 6) is 0.774. The number of hydrogen-bond donors (Lipinski definition) is 1. The van der Waals surface area contributed by atoms with Gasteiger partial charge in [0.15, 0.2) is 0 Å². The average Bonchev–Trinajstić information content (AvgIpc) is 2.94. The summed E-state index contributed by atoms with van der Waals surface area (Å²) in [6, 6.07) is 0.750. The molecule has 0 aromatic carbocycles. The fraction of sp³-hybridized carbons (Fsp3) is 1.00. The molecule has 1 aliphatic carbocycles. The molecule has 3 nitrogen and oxygen atoms in total. The van der Waals surface area contributed by atoms with Crippen LogP contribution in [0.25, 0.3) is 0 Å². The molecule has 1 aliphatic heterocycles. The smallest absolute Gasteiger partial charge is 0.0283 e. The fourth-order valence-electron chi connectivity index (χ4n) is 3.09. The van der Waals surface area contributed by atoms with Gasteiger partial charge in [0.2, 0.25) is 0 Å². The molecule has 0 spiro atoms. The van der Waals surface area contributed by atoms with Gasteiger partial charge in [0, 0.05) is 24.7 Å². The maximum Gasteiger partial charge on any atom is 0.0283 e. The van der Waals surface area contributed by atoms with Crippen LogP contribution in [-0.4, -0.2) is 55.1 Å². The van der Waals surface area contributed by atoms with Crippen molar-refractivity contribution in [3.63, 3.8) is 0 Å². The second kappa shape index (κ2) is 4.63. The summed E-state index contributed by atoms with van der Waals surface area (Å²) in [5, 5.41) is 0. The number of likely N-dealkylation sites (N-methyl/N-ethyl adjacent to an activating group) is 2. The van der Waals surface area contributed by atoms with Crippen molar-refractivity contribution in [3.8, 4) is 0 Å². The third kappa shape index (κ3) is 2.96. The summed E-state index contributed by atoms with van der Waals surface area (Å²) in [7, 11) is 4.47. The van der Waals surface area contributed by atoms with Gasteiger partial charge in [-0.15, -0.1) is 0 Å². The lowest BCUT2D eigenvalue weighted by molar-refractivity contribution is 0.183. The molecule has 0 aromatic heterocycles. The summed E-state index contributed by atoms with van der Waals surface area (Å²) in [6.07, 6.45) is 5.39. The van der Waals surface area contributed by atoms with E-state index in [1.807, 2.05) is 0 Å².